The molecule has 1 atom stereocenters. The molecule has 0 bridgehead atoms. The molecule has 0 aliphatic rings. The molecule has 0 aliphatic heterocycles. The summed E-state index contributed by atoms with van der Waals surface area (Å²) >= 11 is 0. The second-order valence-electron chi connectivity index (χ2n) is 2.98. The maximum absolute atomic E-state index is 11.3. The number of hydrogen-bond acceptors (Lipinski definition) is 4. The third-order valence-corrected chi connectivity index (χ3v) is 1.78. The Morgan fingerprint density at radius 2 is 2.43 bits per heavy atom. The molecular weight excluding hydrogens is 186 g/mol. The number of aryl methyl sites for hydroxylation is 1. The molecule has 5 heteroatoms. The van der Waals surface area contributed by atoms with Crippen LogP contribution in [0.3, 0.4) is 0 Å². The zero-order valence-corrected chi connectivity index (χ0v) is 7.86. The van der Waals surface area contributed by atoms with E-state index in [4.69, 9.17) is 14.6 Å². The zero-order chi connectivity index (χ0) is 10.6. The van der Waals surface area contributed by atoms with Gasteiger partial charge in [0.25, 0.3) is 5.91 Å². The van der Waals surface area contributed by atoms with Crippen molar-refractivity contribution in [3.05, 3.63) is 23.7 Å². The van der Waals surface area contributed by atoms with Crippen LogP contribution in [0.1, 0.15) is 16.1 Å². The Hall–Kier alpha value is -1.33. The van der Waals surface area contributed by atoms with Gasteiger partial charge in [-0.05, 0) is 13.0 Å². The molecule has 0 fully saturated rings. The van der Waals surface area contributed by atoms with E-state index in [1.165, 1.54) is 6.26 Å². The number of rotatable bonds is 4. The molecule has 1 rings (SSSR count). The number of amides is 1. The third kappa shape index (κ3) is 2.58. The first-order valence-corrected chi connectivity index (χ1v) is 4.26. The molecule has 1 aromatic heterocycles. The maximum atomic E-state index is 11.3. The first-order chi connectivity index (χ1) is 6.65. The van der Waals surface area contributed by atoms with E-state index >= 15 is 0 Å². The summed E-state index contributed by atoms with van der Waals surface area (Å²) in [5.41, 5.74) is 0.737. The summed E-state index contributed by atoms with van der Waals surface area (Å²) in [5.74, 6) is -0.157. The minimum absolute atomic E-state index is 0.00940. The summed E-state index contributed by atoms with van der Waals surface area (Å²) < 4.78 is 4.94. The van der Waals surface area contributed by atoms with Crippen molar-refractivity contribution in [1.82, 2.24) is 5.32 Å². The lowest BCUT2D eigenvalue weighted by Crippen LogP contribution is -2.33. The van der Waals surface area contributed by atoms with Gasteiger partial charge in [-0.3, -0.25) is 4.79 Å². The molecule has 3 N–H and O–H groups in total. The lowest BCUT2D eigenvalue weighted by atomic mass is 10.2. The molecule has 0 aromatic carbocycles. The lowest BCUT2D eigenvalue weighted by Gasteiger charge is -2.07. The molecular formula is C9H13NO4. The van der Waals surface area contributed by atoms with Gasteiger partial charge in [-0.1, -0.05) is 0 Å². The van der Waals surface area contributed by atoms with Crippen LogP contribution in [0, 0.1) is 6.92 Å². The molecule has 14 heavy (non-hydrogen) atoms. The Bertz CT molecular complexity index is 308. The van der Waals surface area contributed by atoms with Gasteiger partial charge in [0.2, 0.25) is 0 Å². The minimum Gasteiger partial charge on any atom is -0.459 e. The first kappa shape index (κ1) is 10.7. The van der Waals surface area contributed by atoms with Crippen LogP contribution in [0.25, 0.3) is 0 Å². The van der Waals surface area contributed by atoms with Crippen molar-refractivity contribution in [2.75, 3.05) is 13.2 Å². The average molecular weight is 199 g/mol. The highest BCUT2D eigenvalue weighted by atomic mass is 16.3. The van der Waals surface area contributed by atoms with E-state index in [-0.39, 0.29) is 24.8 Å². The summed E-state index contributed by atoms with van der Waals surface area (Å²) in [4.78, 5) is 11.3. The number of nitrogens with one attached hydrogen (secondary N) is 1. The Balaban J connectivity index is 2.47. The topological polar surface area (TPSA) is 82.7 Å². The fourth-order valence-electron chi connectivity index (χ4n) is 0.961. The van der Waals surface area contributed by atoms with Crippen molar-refractivity contribution in [1.29, 1.82) is 0 Å². The Labute approximate surface area is 81.4 Å². The van der Waals surface area contributed by atoms with Gasteiger partial charge in [-0.15, -0.1) is 0 Å². The summed E-state index contributed by atoms with van der Waals surface area (Å²) in [7, 11) is 0. The standard InChI is InChI=1S/C9H13NO4/c1-6-2-3-14-8(6)9(13)10-4-7(12)5-11/h2-3,7,11-12H,4-5H2,1H3,(H,10,13). The van der Waals surface area contributed by atoms with Crippen LogP contribution in [0.4, 0.5) is 0 Å². The quantitative estimate of drug-likeness (QED) is 0.620. The molecule has 1 amide bonds. The Morgan fingerprint density at radius 3 is 2.93 bits per heavy atom. The highest BCUT2D eigenvalue weighted by molar-refractivity contribution is 5.92. The van der Waals surface area contributed by atoms with Crippen LogP contribution >= 0.6 is 0 Å². The number of aliphatic hydroxyl groups is 2. The van der Waals surface area contributed by atoms with Crippen LogP contribution in [0.5, 0.6) is 0 Å². The summed E-state index contributed by atoms with van der Waals surface area (Å²) in [6, 6.07) is 1.68. The zero-order valence-electron chi connectivity index (χ0n) is 7.86. The van der Waals surface area contributed by atoms with Gasteiger partial charge < -0.3 is 19.9 Å². The second kappa shape index (κ2) is 4.78. The Morgan fingerprint density at radius 1 is 1.71 bits per heavy atom. The van der Waals surface area contributed by atoms with Gasteiger partial charge in [-0.2, -0.15) is 0 Å². The molecule has 1 aromatic rings. The largest absolute Gasteiger partial charge is 0.459 e. The molecule has 0 aliphatic carbocycles. The van der Waals surface area contributed by atoms with Crippen molar-refractivity contribution >= 4 is 5.91 Å². The molecule has 0 spiro atoms. The van der Waals surface area contributed by atoms with Crippen LogP contribution < -0.4 is 5.32 Å². The SMILES string of the molecule is Cc1ccoc1C(=O)NCC(O)CO. The van der Waals surface area contributed by atoms with Crippen molar-refractivity contribution in [2.24, 2.45) is 0 Å². The van der Waals surface area contributed by atoms with E-state index < -0.39 is 6.10 Å². The molecule has 0 saturated heterocycles. The van der Waals surface area contributed by atoms with E-state index in [0.29, 0.717) is 0 Å². The van der Waals surface area contributed by atoms with Crippen molar-refractivity contribution in [2.45, 2.75) is 13.0 Å². The van der Waals surface area contributed by atoms with Crippen molar-refractivity contribution in [3.63, 3.8) is 0 Å². The molecule has 1 heterocycles. The van der Waals surface area contributed by atoms with Crippen molar-refractivity contribution < 1.29 is 19.4 Å². The van der Waals surface area contributed by atoms with Crippen molar-refractivity contribution in [3.8, 4) is 0 Å². The van der Waals surface area contributed by atoms with Crippen LogP contribution in [-0.4, -0.2) is 35.4 Å². The van der Waals surface area contributed by atoms with Gasteiger partial charge >= 0.3 is 0 Å². The van der Waals surface area contributed by atoms with Crippen LogP contribution in [0.2, 0.25) is 0 Å². The number of carbonyl (C=O) groups excluding carboxylic acids is 1. The smallest absolute Gasteiger partial charge is 0.287 e. The van der Waals surface area contributed by atoms with E-state index in [1.807, 2.05) is 0 Å². The van der Waals surface area contributed by atoms with Gasteiger partial charge in [0, 0.05) is 12.1 Å². The normalized spacial score (nSPS) is 12.5. The second-order valence-corrected chi connectivity index (χ2v) is 2.98. The number of furan rings is 1. The monoisotopic (exact) mass is 199 g/mol. The van der Waals surface area contributed by atoms with E-state index in [2.05, 4.69) is 5.32 Å². The summed E-state index contributed by atoms with van der Waals surface area (Å²) in [6.45, 7) is 1.38. The first-order valence-electron chi connectivity index (χ1n) is 4.26. The van der Waals surface area contributed by atoms with E-state index in [1.54, 1.807) is 13.0 Å². The number of aliphatic hydroxyl groups excluding tert-OH is 2. The fraction of sp³-hybridized carbons (Fsp3) is 0.444. The fourth-order valence-corrected chi connectivity index (χ4v) is 0.961. The Kier molecular flexibility index (Phi) is 3.67. The molecule has 0 radical (unpaired) electrons. The van der Waals surface area contributed by atoms with Gasteiger partial charge in [0.1, 0.15) is 0 Å². The maximum Gasteiger partial charge on any atom is 0.287 e. The predicted molar refractivity (Wildman–Crippen MR) is 48.9 cm³/mol. The van der Waals surface area contributed by atoms with Gasteiger partial charge in [0.05, 0.1) is 19.0 Å². The minimum atomic E-state index is -0.936. The predicted octanol–water partition coefficient (Wildman–Crippen LogP) is -0.329. The van der Waals surface area contributed by atoms with E-state index in [0.717, 1.165) is 5.56 Å². The number of carbonyl (C=O) groups is 1. The number of hydrogen-bond donors (Lipinski definition) is 3. The average Bonchev–Trinajstić information content (AvgIpc) is 2.60. The van der Waals surface area contributed by atoms with E-state index in [9.17, 15) is 4.79 Å². The van der Waals surface area contributed by atoms with Gasteiger partial charge in [0.15, 0.2) is 5.76 Å². The molecule has 5 nitrogen and oxygen atoms in total. The molecule has 1 unspecified atom stereocenters. The summed E-state index contributed by atoms with van der Waals surface area (Å²) in [6.07, 6.45) is 0.487. The van der Waals surface area contributed by atoms with Crippen LogP contribution in [0.15, 0.2) is 16.7 Å². The summed E-state index contributed by atoms with van der Waals surface area (Å²) in [5, 5.41) is 19.9. The highest BCUT2D eigenvalue weighted by Crippen LogP contribution is 2.07. The lowest BCUT2D eigenvalue weighted by molar-refractivity contribution is 0.0783. The van der Waals surface area contributed by atoms with Crippen LogP contribution in [-0.2, 0) is 0 Å². The van der Waals surface area contributed by atoms with Gasteiger partial charge in [-0.25, -0.2) is 0 Å². The third-order valence-electron chi connectivity index (χ3n) is 1.78. The molecule has 0 saturated carbocycles. The molecule has 78 valence electrons. The highest BCUT2D eigenvalue weighted by Gasteiger charge is 2.13.